The standard InChI is InChI=1S/C27H35N7/c1-17(2)5-6-19-7-9-23(26(28)30-19)24-11-12-29-27(32-24)31-20-8-10-25(18(3)13-20)34-16-21-14-22(34)15-33(21)4/h7-13,17,21-22H,5-6,14-16H2,1-4H3,(H2,28,30)(H,29,31,32)/t21-,22-/m0/s1. The second-order valence-electron chi connectivity index (χ2n) is 10.2. The summed E-state index contributed by atoms with van der Waals surface area (Å²) in [5, 5.41) is 3.37. The van der Waals surface area contributed by atoms with Crippen LogP contribution in [0.3, 0.4) is 0 Å². The maximum atomic E-state index is 6.29. The van der Waals surface area contributed by atoms with Gasteiger partial charge in [-0.25, -0.2) is 15.0 Å². The molecule has 0 spiro atoms. The Morgan fingerprint density at radius 1 is 1.09 bits per heavy atom. The number of nitrogens with zero attached hydrogens (tertiary/aromatic N) is 5. The zero-order valence-corrected chi connectivity index (χ0v) is 20.6. The van der Waals surface area contributed by atoms with E-state index in [1.807, 2.05) is 18.2 Å². The van der Waals surface area contributed by atoms with Gasteiger partial charge in [-0.1, -0.05) is 13.8 Å². The molecule has 2 aliphatic rings. The number of nitrogen functional groups attached to an aromatic ring is 1. The highest BCUT2D eigenvalue weighted by Gasteiger charge is 2.41. The third-order valence-electron chi connectivity index (χ3n) is 7.17. The number of hydrogen-bond donors (Lipinski definition) is 2. The van der Waals surface area contributed by atoms with E-state index in [2.05, 4.69) is 71.1 Å². The largest absolute Gasteiger partial charge is 0.383 e. The molecule has 0 saturated carbocycles. The first-order valence-electron chi connectivity index (χ1n) is 12.3. The van der Waals surface area contributed by atoms with Gasteiger partial charge in [0.25, 0.3) is 0 Å². The molecule has 178 valence electrons. The molecule has 0 amide bonds. The van der Waals surface area contributed by atoms with Crippen LogP contribution < -0.4 is 16.0 Å². The summed E-state index contributed by atoms with van der Waals surface area (Å²) >= 11 is 0. The molecule has 0 unspecified atom stereocenters. The molecule has 2 bridgehead atoms. The van der Waals surface area contributed by atoms with Crippen LogP contribution in [0.5, 0.6) is 0 Å². The quantitative estimate of drug-likeness (QED) is 0.534. The third-order valence-corrected chi connectivity index (χ3v) is 7.17. The highest BCUT2D eigenvalue weighted by atomic mass is 15.3. The summed E-state index contributed by atoms with van der Waals surface area (Å²) < 4.78 is 0. The van der Waals surface area contributed by atoms with Crippen molar-refractivity contribution in [3.8, 4) is 11.3 Å². The lowest BCUT2D eigenvalue weighted by Crippen LogP contribution is -2.44. The average molecular weight is 458 g/mol. The van der Waals surface area contributed by atoms with Crippen LogP contribution in [-0.4, -0.2) is 52.1 Å². The Balaban J connectivity index is 1.30. The van der Waals surface area contributed by atoms with Gasteiger partial charge in [-0.2, -0.15) is 0 Å². The van der Waals surface area contributed by atoms with Crippen LogP contribution in [0.15, 0.2) is 42.6 Å². The molecule has 2 saturated heterocycles. The molecule has 3 aromatic rings. The normalized spacial score (nSPS) is 19.9. The molecule has 5 rings (SSSR count). The number of anilines is 4. The fourth-order valence-corrected chi connectivity index (χ4v) is 5.22. The summed E-state index contributed by atoms with van der Waals surface area (Å²) in [6.45, 7) is 8.89. The van der Waals surface area contributed by atoms with Gasteiger partial charge in [0, 0.05) is 54.0 Å². The smallest absolute Gasteiger partial charge is 0.227 e. The molecular formula is C27H35N7. The van der Waals surface area contributed by atoms with Gasteiger partial charge < -0.3 is 16.0 Å². The highest BCUT2D eigenvalue weighted by Crippen LogP contribution is 2.36. The van der Waals surface area contributed by atoms with Crippen LogP contribution in [0.25, 0.3) is 11.3 Å². The number of piperazine rings is 1. The number of likely N-dealkylation sites (N-methyl/N-ethyl adjacent to an activating group) is 1. The minimum atomic E-state index is 0.511. The number of rotatable bonds is 7. The number of nitrogens with two attached hydrogens (primary N) is 1. The van der Waals surface area contributed by atoms with Crippen LogP contribution in [0.2, 0.25) is 0 Å². The molecule has 2 aliphatic heterocycles. The molecule has 4 heterocycles. The lowest BCUT2D eigenvalue weighted by atomic mass is 10.1. The zero-order valence-electron chi connectivity index (χ0n) is 20.6. The molecule has 2 atom stereocenters. The van der Waals surface area contributed by atoms with Crippen molar-refractivity contribution in [1.82, 2.24) is 19.9 Å². The summed E-state index contributed by atoms with van der Waals surface area (Å²) in [4.78, 5) is 18.8. The Morgan fingerprint density at radius 3 is 2.62 bits per heavy atom. The number of pyridine rings is 1. The van der Waals surface area contributed by atoms with Gasteiger partial charge in [0.2, 0.25) is 5.95 Å². The molecule has 7 nitrogen and oxygen atoms in total. The molecule has 34 heavy (non-hydrogen) atoms. The van der Waals surface area contributed by atoms with E-state index in [1.165, 1.54) is 17.7 Å². The van der Waals surface area contributed by atoms with Crippen molar-refractivity contribution in [3.63, 3.8) is 0 Å². The first kappa shape index (κ1) is 22.6. The molecule has 7 heteroatoms. The van der Waals surface area contributed by atoms with Crippen molar-refractivity contribution in [2.45, 2.75) is 52.1 Å². The van der Waals surface area contributed by atoms with E-state index in [4.69, 9.17) is 10.7 Å². The number of aryl methyl sites for hydroxylation is 2. The first-order valence-corrected chi connectivity index (χ1v) is 12.3. The Hall–Kier alpha value is -3.19. The fraction of sp³-hybridized carbons (Fsp3) is 0.444. The average Bonchev–Trinajstić information content (AvgIpc) is 3.37. The van der Waals surface area contributed by atoms with Gasteiger partial charge in [-0.15, -0.1) is 0 Å². The van der Waals surface area contributed by atoms with Gasteiger partial charge in [0.15, 0.2) is 0 Å². The number of benzene rings is 1. The number of fused-ring (bicyclic) bond motifs is 2. The van der Waals surface area contributed by atoms with Crippen LogP contribution in [0.4, 0.5) is 23.1 Å². The van der Waals surface area contributed by atoms with Crippen LogP contribution in [-0.2, 0) is 6.42 Å². The Bertz CT molecular complexity index is 1170. The fourth-order valence-electron chi connectivity index (χ4n) is 5.22. The van der Waals surface area contributed by atoms with E-state index in [1.54, 1.807) is 6.20 Å². The lowest BCUT2D eigenvalue weighted by Gasteiger charge is -2.34. The van der Waals surface area contributed by atoms with E-state index in [9.17, 15) is 0 Å². The van der Waals surface area contributed by atoms with Gasteiger partial charge >= 0.3 is 0 Å². The molecule has 0 radical (unpaired) electrons. The van der Waals surface area contributed by atoms with E-state index >= 15 is 0 Å². The second kappa shape index (κ2) is 9.22. The lowest BCUT2D eigenvalue weighted by molar-refractivity contribution is 0.292. The summed E-state index contributed by atoms with van der Waals surface area (Å²) in [5.41, 5.74) is 12.5. The van der Waals surface area contributed by atoms with Crippen molar-refractivity contribution in [3.05, 3.63) is 53.9 Å². The molecule has 2 aromatic heterocycles. The highest BCUT2D eigenvalue weighted by molar-refractivity contribution is 5.72. The van der Waals surface area contributed by atoms with Crippen LogP contribution in [0, 0.1) is 12.8 Å². The number of likely N-dealkylation sites (tertiary alicyclic amines) is 1. The molecule has 1 aromatic carbocycles. The van der Waals surface area contributed by atoms with Gasteiger partial charge in [-0.05, 0) is 81.1 Å². The summed E-state index contributed by atoms with van der Waals surface area (Å²) in [5.74, 6) is 1.70. The Morgan fingerprint density at radius 2 is 1.94 bits per heavy atom. The van der Waals surface area contributed by atoms with Crippen molar-refractivity contribution in [2.75, 3.05) is 36.1 Å². The second-order valence-corrected chi connectivity index (χ2v) is 10.2. The maximum Gasteiger partial charge on any atom is 0.227 e. The predicted octanol–water partition coefficient (Wildman–Crippen LogP) is 4.65. The van der Waals surface area contributed by atoms with Crippen molar-refractivity contribution in [1.29, 1.82) is 0 Å². The topological polar surface area (TPSA) is 83.2 Å². The number of nitrogens with one attached hydrogen (secondary N) is 1. The molecule has 3 N–H and O–H groups in total. The summed E-state index contributed by atoms with van der Waals surface area (Å²) in [6, 6.07) is 13.8. The monoisotopic (exact) mass is 457 g/mol. The molecular weight excluding hydrogens is 422 g/mol. The zero-order chi connectivity index (χ0) is 23.8. The SMILES string of the molecule is Cc1cc(Nc2nccc(-c3ccc(CCC(C)C)nc3N)n2)ccc1N1C[C@@H]2C[C@H]1CN2C. The number of hydrogen-bond acceptors (Lipinski definition) is 7. The van der Waals surface area contributed by atoms with Crippen molar-refractivity contribution >= 4 is 23.1 Å². The molecule has 0 aliphatic carbocycles. The maximum absolute atomic E-state index is 6.29. The Kier molecular flexibility index (Phi) is 6.13. The van der Waals surface area contributed by atoms with Gasteiger partial charge in [0.1, 0.15) is 5.82 Å². The predicted molar refractivity (Wildman–Crippen MR) is 139 cm³/mol. The van der Waals surface area contributed by atoms with Crippen LogP contribution >= 0.6 is 0 Å². The first-order chi connectivity index (χ1) is 16.4. The molecule has 2 fully saturated rings. The van der Waals surface area contributed by atoms with Gasteiger partial charge in [-0.3, -0.25) is 4.90 Å². The minimum absolute atomic E-state index is 0.511. The third kappa shape index (κ3) is 4.57. The van der Waals surface area contributed by atoms with Crippen molar-refractivity contribution in [2.24, 2.45) is 5.92 Å². The van der Waals surface area contributed by atoms with Crippen LogP contribution in [0.1, 0.15) is 37.9 Å². The van der Waals surface area contributed by atoms with E-state index in [0.29, 0.717) is 29.8 Å². The van der Waals surface area contributed by atoms with E-state index < -0.39 is 0 Å². The van der Waals surface area contributed by atoms with E-state index in [-0.39, 0.29) is 0 Å². The van der Waals surface area contributed by atoms with Crippen molar-refractivity contribution < 1.29 is 0 Å². The summed E-state index contributed by atoms with van der Waals surface area (Å²) in [6.07, 6.45) is 5.06. The summed E-state index contributed by atoms with van der Waals surface area (Å²) in [7, 11) is 2.24. The number of aromatic nitrogens is 3. The Labute approximate surface area is 202 Å². The van der Waals surface area contributed by atoms with E-state index in [0.717, 1.165) is 48.6 Å². The van der Waals surface area contributed by atoms with Gasteiger partial charge in [0.05, 0.1) is 5.69 Å². The minimum Gasteiger partial charge on any atom is -0.383 e.